The Bertz CT molecular complexity index is 505. The molecule has 4 nitrogen and oxygen atoms in total. The second kappa shape index (κ2) is 8.74. The van der Waals surface area contributed by atoms with Gasteiger partial charge in [-0.1, -0.05) is 42.5 Å². The van der Waals surface area contributed by atoms with E-state index in [1.165, 1.54) is 6.92 Å². The molecule has 1 aromatic carbocycles. The summed E-state index contributed by atoms with van der Waals surface area (Å²) in [5, 5.41) is 0. The van der Waals surface area contributed by atoms with Gasteiger partial charge in [0.25, 0.3) is 0 Å². The van der Waals surface area contributed by atoms with Gasteiger partial charge in [0.1, 0.15) is 6.10 Å². The van der Waals surface area contributed by atoms with Crippen LogP contribution in [0.25, 0.3) is 0 Å². The molecule has 0 aromatic heterocycles. The number of rotatable bonds is 7. The molecule has 0 radical (unpaired) electrons. The molecule has 112 valence electrons. The van der Waals surface area contributed by atoms with E-state index in [9.17, 15) is 9.59 Å². The number of hydrogen-bond acceptors (Lipinski definition) is 4. The van der Waals surface area contributed by atoms with Crippen molar-refractivity contribution in [3.8, 4) is 0 Å². The van der Waals surface area contributed by atoms with E-state index in [-0.39, 0.29) is 0 Å². The Labute approximate surface area is 125 Å². The molecule has 0 aliphatic carbocycles. The average molecular weight is 288 g/mol. The van der Waals surface area contributed by atoms with Crippen LogP contribution < -0.4 is 0 Å². The van der Waals surface area contributed by atoms with Crippen molar-refractivity contribution in [1.29, 1.82) is 0 Å². The van der Waals surface area contributed by atoms with Crippen LogP contribution in [0.4, 0.5) is 0 Å². The van der Waals surface area contributed by atoms with Crippen LogP contribution in [0.2, 0.25) is 0 Å². The molecule has 0 bridgehead atoms. The summed E-state index contributed by atoms with van der Waals surface area (Å²) in [6.07, 6.45) is 4.25. The molecule has 0 saturated carbocycles. The van der Waals surface area contributed by atoms with Crippen LogP contribution >= 0.6 is 0 Å². The molecule has 0 heterocycles. The summed E-state index contributed by atoms with van der Waals surface area (Å²) in [6.45, 7) is 6.73. The van der Waals surface area contributed by atoms with Crippen molar-refractivity contribution in [2.45, 2.75) is 32.5 Å². The van der Waals surface area contributed by atoms with Crippen molar-refractivity contribution in [2.24, 2.45) is 0 Å². The third-order valence-electron chi connectivity index (χ3n) is 2.67. The number of carbonyl (C=O) groups is 2. The fraction of sp³-hybridized carbons (Fsp3) is 0.294. The van der Waals surface area contributed by atoms with Crippen molar-refractivity contribution < 1.29 is 19.1 Å². The van der Waals surface area contributed by atoms with Gasteiger partial charge in [-0.05, 0) is 13.0 Å². The number of esters is 2. The molecule has 0 unspecified atom stereocenters. The van der Waals surface area contributed by atoms with Crippen molar-refractivity contribution in [3.05, 3.63) is 60.7 Å². The predicted octanol–water partition coefficient (Wildman–Crippen LogP) is 3.35. The lowest BCUT2D eigenvalue weighted by Crippen LogP contribution is -2.25. The normalized spacial score (nSPS) is 13.4. The van der Waals surface area contributed by atoms with Crippen LogP contribution in [0.5, 0.6) is 0 Å². The van der Waals surface area contributed by atoms with Crippen LogP contribution in [0.3, 0.4) is 0 Å². The molecule has 0 amide bonds. The van der Waals surface area contributed by atoms with E-state index in [0.717, 1.165) is 0 Å². The first kappa shape index (κ1) is 16.7. The number of allylic oxidation sites excluding steroid dienone is 1. The Kier molecular flexibility index (Phi) is 6.95. The lowest BCUT2D eigenvalue weighted by Gasteiger charge is -2.19. The maximum absolute atomic E-state index is 12.3. The number of ether oxygens (including phenoxy) is 2. The van der Waals surface area contributed by atoms with Gasteiger partial charge in [-0.3, -0.25) is 4.79 Å². The fourth-order valence-electron chi connectivity index (χ4n) is 1.80. The van der Waals surface area contributed by atoms with E-state index in [4.69, 9.17) is 9.47 Å². The highest BCUT2D eigenvalue weighted by Gasteiger charge is 2.26. The Morgan fingerprint density at radius 1 is 1.24 bits per heavy atom. The first-order valence-electron chi connectivity index (χ1n) is 6.74. The zero-order valence-electron chi connectivity index (χ0n) is 12.3. The van der Waals surface area contributed by atoms with E-state index < -0.39 is 24.1 Å². The molecule has 0 N–H and O–H groups in total. The first-order valence-corrected chi connectivity index (χ1v) is 6.74. The smallest absolute Gasteiger partial charge is 0.352 e. The van der Waals surface area contributed by atoms with Gasteiger partial charge in [-0.2, -0.15) is 0 Å². The largest absolute Gasteiger partial charge is 0.455 e. The highest BCUT2D eigenvalue weighted by Crippen LogP contribution is 2.20. The molecule has 0 saturated heterocycles. The van der Waals surface area contributed by atoms with Crippen LogP contribution in [-0.2, 0) is 19.1 Å². The molecule has 0 spiro atoms. The summed E-state index contributed by atoms with van der Waals surface area (Å²) in [7, 11) is 0. The second-order valence-electron chi connectivity index (χ2n) is 4.43. The van der Waals surface area contributed by atoms with Crippen LogP contribution in [0, 0.1) is 0 Å². The number of benzene rings is 1. The Morgan fingerprint density at radius 2 is 1.90 bits per heavy atom. The summed E-state index contributed by atoms with van der Waals surface area (Å²) in [5.74, 6) is -1.13. The zero-order chi connectivity index (χ0) is 15.7. The predicted molar refractivity (Wildman–Crippen MR) is 80.5 cm³/mol. The van der Waals surface area contributed by atoms with Gasteiger partial charge in [-0.15, -0.1) is 6.58 Å². The van der Waals surface area contributed by atoms with Gasteiger partial charge in [0, 0.05) is 18.9 Å². The lowest BCUT2D eigenvalue weighted by atomic mass is 10.1. The summed E-state index contributed by atoms with van der Waals surface area (Å²) in [6, 6.07) is 8.79. The summed E-state index contributed by atoms with van der Waals surface area (Å²) in [4.78, 5) is 23.5. The SMILES string of the molecule is C=CC[C@H](/C=C/C)OC(=O)[C@@H](OC(C)=O)c1ccccc1. The third-order valence-corrected chi connectivity index (χ3v) is 2.67. The summed E-state index contributed by atoms with van der Waals surface area (Å²) >= 11 is 0. The molecule has 2 atom stereocenters. The minimum atomic E-state index is -1.05. The van der Waals surface area contributed by atoms with Crippen molar-refractivity contribution >= 4 is 11.9 Å². The van der Waals surface area contributed by atoms with Gasteiger partial charge >= 0.3 is 11.9 Å². The topological polar surface area (TPSA) is 52.6 Å². The summed E-state index contributed by atoms with van der Waals surface area (Å²) < 4.78 is 10.5. The Balaban J connectivity index is 2.90. The second-order valence-corrected chi connectivity index (χ2v) is 4.43. The molecular weight excluding hydrogens is 268 g/mol. The zero-order valence-corrected chi connectivity index (χ0v) is 12.3. The van der Waals surface area contributed by atoms with Crippen LogP contribution in [-0.4, -0.2) is 18.0 Å². The molecule has 0 aliphatic heterocycles. The van der Waals surface area contributed by atoms with Gasteiger partial charge < -0.3 is 9.47 Å². The van der Waals surface area contributed by atoms with Crippen molar-refractivity contribution in [2.75, 3.05) is 0 Å². The van der Waals surface area contributed by atoms with E-state index in [1.807, 2.05) is 13.0 Å². The van der Waals surface area contributed by atoms with Gasteiger partial charge in [-0.25, -0.2) is 4.79 Å². The highest BCUT2D eigenvalue weighted by atomic mass is 16.6. The monoisotopic (exact) mass is 288 g/mol. The van der Waals surface area contributed by atoms with Gasteiger partial charge in [0.2, 0.25) is 6.10 Å². The maximum Gasteiger partial charge on any atom is 0.352 e. The summed E-state index contributed by atoms with van der Waals surface area (Å²) in [5.41, 5.74) is 0.579. The minimum absolute atomic E-state index is 0.415. The molecule has 21 heavy (non-hydrogen) atoms. The molecule has 1 aromatic rings. The van der Waals surface area contributed by atoms with E-state index >= 15 is 0 Å². The quantitative estimate of drug-likeness (QED) is 0.570. The maximum atomic E-state index is 12.3. The van der Waals surface area contributed by atoms with Crippen molar-refractivity contribution in [1.82, 2.24) is 0 Å². The Morgan fingerprint density at radius 3 is 2.43 bits per heavy atom. The number of hydrogen-bond donors (Lipinski definition) is 0. The molecule has 4 heteroatoms. The van der Waals surface area contributed by atoms with E-state index in [2.05, 4.69) is 6.58 Å². The third kappa shape index (κ3) is 5.65. The average Bonchev–Trinajstić information content (AvgIpc) is 2.46. The highest BCUT2D eigenvalue weighted by molar-refractivity contribution is 5.80. The molecule has 0 aliphatic rings. The van der Waals surface area contributed by atoms with Gasteiger partial charge in [0.15, 0.2) is 0 Å². The minimum Gasteiger partial charge on any atom is -0.455 e. The van der Waals surface area contributed by atoms with Crippen molar-refractivity contribution in [3.63, 3.8) is 0 Å². The standard InChI is InChI=1S/C17H20O4/c1-4-9-15(10-5-2)21-17(19)16(20-13(3)18)14-11-7-6-8-12-14/h4-8,10-12,15-16H,1,9H2,2-3H3/b10-5+/t15-,16+/m1/s1. The van der Waals surface area contributed by atoms with E-state index in [1.54, 1.807) is 42.5 Å². The van der Waals surface area contributed by atoms with Crippen LogP contribution in [0.1, 0.15) is 31.9 Å². The lowest BCUT2D eigenvalue weighted by molar-refractivity contribution is -0.169. The molecule has 0 fully saturated rings. The Hall–Kier alpha value is -2.36. The molecule has 1 rings (SSSR count). The molecular formula is C17H20O4. The van der Waals surface area contributed by atoms with Crippen LogP contribution in [0.15, 0.2) is 55.1 Å². The van der Waals surface area contributed by atoms with Gasteiger partial charge in [0.05, 0.1) is 0 Å². The number of carbonyl (C=O) groups excluding carboxylic acids is 2. The fourth-order valence-corrected chi connectivity index (χ4v) is 1.80. The first-order chi connectivity index (χ1) is 10.1. The van der Waals surface area contributed by atoms with E-state index in [0.29, 0.717) is 12.0 Å².